The zero-order valence-corrected chi connectivity index (χ0v) is 16.1. The molecule has 0 bridgehead atoms. The van der Waals surface area contributed by atoms with Crippen LogP contribution in [-0.2, 0) is 6.54 Å². The summed E-state index contributed by atoms with van der Waals surface area (Å²) in [5, 5.41) is 0. The Labute approximate surface area is 160 Å². The van der Waals surface area contributed by atoms with Gasteiger partial charge in [-0.05, 0) is 18.2 Å². The Bertz CT molecular complexity index is 763. The van der Waals surface area contributed by atoms with Crippen LogP contribution in [0.1, 0.15) is 15.9 Å². The SMILES string of the molecule is COc1ccccc1CN1CCN(C(=O)c2c(OC)cccc2OC)CC1. The van der Waals surface area contributed by atoms with Crippen molar-refractivity contribution in [2.24, 2.45) is 0 Å². The summed E-state index contributed by atoms with van der Waals surface area (Å²) in [4.78, 5) is 17.2. The van der Waals surface area contributed by atoms with Crippen molar-refractivity contribution in [2.75, 3.05) is 47.5 Å². The summed E-state index contributed by atoms with van der Waals surface area (Å²) in [6.07, 6.45) is 0. The number of hydrogen-bond donors (Lipinski definition) is 0. The molecule has 0 radical (unpaired) electrons. The summed E-state index contributed by atoms with van der Waals surface area (Å²) in [6.45, 7) is 3.75. The Hall–Kier alpha value is -2.73. The van der Waals surface area contributed by atoms with Gasteiger partial charge in [-0.2, -0.15) is 0 Å². The van der Waals surface area contributed by atoms with E-state index in [1.165, 1.54) is 0 Å². The van der Waals surface area contributed by atoms with Crippen LogP contribution >= 0.6 is 0 Å². The first kappa shape index (κ1) is 19.0. The number of nitrogens with zero attached hydrogens (tertiary/aromatic N) is 2. The Morgan fingerprint density at radius 2 is 1.37 bits per heavy atom. The third kappa shape index (κ3) is 4.17. The second-order valence-corrected chi connectivity index (χ2v) is 6.42. The minimum atomic E-state index is -0.0544. The molecule has 1 aliphatic rings. The first-order chi connectivity index (χ1) is 13.2. The van der Waals surface area contributed by atoms with Gasteiger partial charge in [-0.1, -0.05) is 24.3 Å². The number of ether oxygens (including phenoxy) is 3. The number of para-hydroxylation sites is 1. The summed E-state index contributed by atoms with van der Waals surface area (Å²) >= 11 is 0. The molecule has 6 nitrogen and oxygen atoms in total. The van der Waals surface area contributed by atoms with Crippen molar-refractivity contribution in [3.05, 3.63) is 53.6 Å². The molecule has 1 amide bonds. The van der Waals surface area contributed by atoms with Crippen LogP contribution in [0.4, 0.5) is 0 Å². The van der Waals surface area contributed by atoms with Crippen molar-refractivity contribution in [3.63, 3.8) is 0 Å². The molecule has 6 heteroatoms. The fraction of sp³-hybridized carbons (Fsp3) is 0.381. The molecule has 2 aromatic carbocycles. The molecule has 1 saturated heterocycles. The highest BCUT2D eigenvalue weighted by molar-refractivity contribution is 5.99. The van der Waals surface area contributed by atoms with Gasteiger partial charge in [0.05, 0.1) is 21.3 Å². The van der Waals surface area contributed by atoms with Crippen LogP contribution < -0.4 is 14.2 Å². The molecule has 0 unspecified atom stereocenters. The van der Waals surface area contributed by atoms with Gasteiger partial charge in [0.1, 0.15) is 22.8 Å². The minimum absolute atomic E-state index is 0.0544. The van der Waals surface area contributed by atoms with E-state index in [0.717, 1.165) is 30.9 Å². The lowest BCUT2D eigenvalue weighted by Gasteiger charge is -2.35. The Morgan fingerprint density at radius 3 is 1.96 bits per heavy atom. The van der Waals surface area contributed by atoms with E-state index in [2.05, 4.69) is 11.0 Å². The molecule has 0 aliphatic carbocycles. The molecule has 0 N–H and O–H groups in total. The third-order valence-electron chi connectivity index (χ3n) is 4.89. The average molecular weight is 370 g/mol. The lowest BCUT2D eigenvalue weighted by molar-refractivity contribution is 0.0621. The molecule has 1 heterocycles. The summed E-state index contributed by atoms with van der Waals surface area (Å²) in [5.74, 6) is 1.92. The first-order valence-electron chi connectivity index (χ1n) is 9.02. The highest BCUT2D eigenvalue weighted by Crippen LogP contribution is 2.30. The van der Waals surface area contributed by atoms with Gasteiger partial charge in [-0.25, -0.2) is 0 Å². The Kier molecular flexibility index (Phi) is 6.19. The first-order valence-corrected chi connectivity index (χ1v) is 9.02. The highest BCUT2D eigenvalue weighted by Gasteiger charge is 2.27. The quantitative estimate of drug-likeness (QED) is 0.783. The Balaban J connectivity index is 1.67. The van der Waals surface area contributed by atoms with Gasteiger partial charge in [0, 0.05) is 38.3 Å². The molecule has 1 fully saturated rings. The van der Waals surface area contributed by atoms with Crippen LogP contribution in [0.25, 0.3) is 0 Å². The standard InChI is InChI=1S/C21H26N2O4/c1-25-17-8-5-4-7-16(17)15-22-11-13-23(14-12-22)21(24)20-18(26-2)9-6-10-19(20)27-3/h4-10H,11-15H2,1-3H3. The number of carbonyl (C=O) groups excluding carboxylic acids is 1. The van der Waals surface area contributed by atoms with Crippen molar-refractivity contribution in [1.82, 2.24) is 9.80 Å². The van der Waals surface area contributed by atoms with Crippen molar-refractivity contribution >= 4 is 5.91 Å². The van der Waals surface area contributed by atoms with Gasteiger partial charge in [0.25, 0.3) is 5.91 Å². The normalized spacial score (nSPS) is 14.7. The number of piperazine rings is 1. The maximum atomic E-state index is 13.1. The molecule has 2 aromatic rings. The number of benzene rings is 2. The largest absolute Gasteiger partial charge is 0.496 e. The molecule has 0 saturated carbocycles. The lowest BCUT2D eigenvalue weighted by Crippen LogP contribution is -2.48. The second-order valence-electron chi connectivity index (χ2n) is 6.42. The van der Waals surface area contributed by atoms with E-state index >= 15 is 0 Å². The molecule has 3 rings (SSSR count). The molecular weight excluding hydrogens is 344 g/mol. The van der Waals surface area contributed by atoms with E-state index < -0.39 is 0 Å². The van der Waals surface area contributed by atoms with Crippen molar-refractivity contribution in [3.8, 4) is 17.2 Å². The van der Waals surface area contributed by atoms with Crippen LogP contribution in [0.5, 0.6) is 17.2 Å². The zero-order valence-electron chi connectivity index (χ0n) is 16.1. The van der Waals surface area contributed by atoms with E-state index in [4.69, 9.17) is 14.2 Å². The van der Waals surface area contributed by atoms with E-state index in [9.17, 15) is 4.79 Å². The predicted octanol–water partition coefficient (Wildman–Crippen LogP) is 2.67. The van der Waals surface area contributed by atoms with Gasteiger partial charge >= 0.3 is 0 Å². The molecule has 144 valence electrons. The number of methoxy groups -OCH3 is 3. The van der Waals surface area contributed by atoms with Crippen LogP contribution in [0.3, 0.4) is 0 Å². The van der Waals surface area contributed by atoms with Crippen LogP contribution in [0.2, 0.25) is 0 Å². The lowest BCUT2D eigenvalue weighted by atomic mass is 10.1. The molecule has 0 aromatic heterocycles. The predicted molar refractivity (Wildman–Crippen MR) is 104 cm³/mol. The molecule has 0 atom stereocenters. The summed E-state index contributed by atoms with van der Waals surface area (Å²) in [5.41, 5.74) is 1.65. The molecule has 1 aliphatic heterocycles. The molecule has 0 spiro atoms. The van der Waals surface area contributed by atoms with Crippen LogP contribution in [-0.4, -0.2) is 63.2 Å². The highest BCUT2D eigenvalue weighted by atomic mass is 16.5. The monoisotopic (exact) mass is 370 g/mol. The fourth-order valence-corrected chi connectivity index (χ4v) is 3.40. The van der Waals surface area contributed by atoms with Crippen molar-refractivity contribution in [2.45, 2.75) is 6.54 Å². The maximum absolute atomic E-state index is 13.1. The summed E-state index contributed by atoms with van der Waals surface area (Å²) in [7, 11) is 4.82. The van der Waals surface area contributed by atoms with Gasteiger partial charge in [-0.3, -0.25) is 9.69 Å². The smallest absolute Gasteiger partial charge is 0.261 e. The topological polar surface area (TPSA) is 51.2 Å². The third-order valence-corrected chi connectivity index (χ3v) is 4.89. The molecule has 27 heavy (non-hydrogen) atoms. The van der Waals surface area contributed by atoms with E-state index in [-0.39, 0.29) is 5.91 Å². The van der Waals surface area contributed by atoms with E-state index in [1.807, 2.05) is 29.2 Å². The number of amides is 1. The number of carbonyl (C=O) groups is 1. The van der Waals surface area contributed by atoms with Crippen molar-refractivity contribution in [1.29, 1.82) is 0 Å². The Morgan fingerprint density at radius 1 is 0.815 bits per heavy atom. The fourth-order valence-electron chi connectivity index (χ4n) is 3.40. The van der Waals surface area contributed by atoms with Crippen LogP contribution in [0, 0.1) is 0 Å². The minimum Gasteiger partial charge on any atom is -0.496 e. The summed E-state index contributed by atoms with van der Waals surface area (Å²) < 4.78 is 16.2. The average Bonchev–Trinajstić information content (AvgIpc) is 2.73. The van der Waals surface area contributed by atoms with Crippen LogP contribution in [0.15, 0.2) is 42.5 Å². The molecular formula is C21H26N2O4. The second kappa shape index (κ2) is 8.77. The van der Waals surface area contributed by atoms with Gasteiger partial charge in [0.2, 0.25) is 0 Å². The maximum Gasteiger partial charge on any atom is 0.261 e. The van der Waals surface area contributed by atoms with Crippen molar-refractivity contribution < 1.29 is 19.0 Å². The van der Waals surface area contributed by atoms with E-state index in [0.29, 0.717) is 30.2 Å². The van der Waals surface area contributed by atoms with Gasteiger partial charge in [0.15, 0.2) is 0 Å². The van der Waals surface area contributed by atoms with Gasteiger partial charge < -0.3 is 19.1 Å². The summed E-state index contributed by atoms with van der Waals surface area (Å²) in [6, 6.07) is 13.4. The number of rotatable bonds is 6. The van der Waals surface area contributed by atoms with Gasteiger partial charge in [-0.15, -0.1) is 0 Å². The van der Waals surface area contributed by atoms with E-state index in [1.54, 1.807) is 33.5 Å². The zero-order chi connectivity index (χ0) is 19.2. The number of hydrogen-bond acceptors (Lipinski definition) is 5.